The number of H-pyrrole nitrogens is 1. The summed E-state index contributed by atoms with van der Waals surface area (Å²) < 4.78 is 13.9. The van der Waals surface area contributed by atoms with E-state index in [1.54, 1.807) is 24.3 Å². The first-order chi connectivity index (χ1) is 12.9. The monoisotopic (exact) mass is 367 g/mol. The number of aromatic nitrogens is 2. The zero-order chi connectivity index (χ0) is 19.6. The summed E-state index contributed by atoms with van der Waals surface area (Å²) in [5, 5.41) is 10.5. The van der Waals surface area contributed by atoms with E-state index in [2.05, 4.69) is 9.98 Å². The predicted molar refractivity (Wildman–Crippen MR) is 101 cm³/mol. The molecule has 0 spiro atoms. The van der Waals surface area contributed by atoms with Gasteiger partial charge in [0.2, 0.25) is 5.88 Å². The number of nitrogens with one attached hydrogen (secondary N) is 1. The van der Waals surface area contributed by atoms with Crippen molar-refractivity contribution >= 4 is 6.21 Å². The first-order valence-corrected chi connectivity index (χ1v) is 8.27. The number of aliphatic imine (C=N–C) groups is 1. The summed E-state index contributed by atoms with van der Waals surface area (Å²) in [6.45, 7) is 4.02. The largest absolute Gasteiger partial charge is 0.493 e. The Kier molecular flexibility index (Phi) is 5.03. The molecule has 1 aromatic heterocycles. The number of rotatable bonds is 4. The lowest BCUT2D eigenvalue weighted by Crippen LogP contribution is -2.31. The van der Waals surface area contributed by atoms with E-state index in [1.807, 2.05) is 19.9 Å². The van der Waals surface area contributed by atoms with Crippen LogP contribution in [0.25, 0.3) is 5.69 Å². The predicted octanol–water partition coefficient (Wildman–Crippen LogP) is 2.61. The summed E-state index contributed by atoms with van der Waals surface area (Å²) in [6.07, 6.45) is 1.20. The van der Waals surface area contributed by atoms with Crippen LogP contribution in [-0.4, -0.2) is 20.9 Å². The molecule has 0 saturated carbocycles. The maximum Gasteiger partial charge on any atom is 0.335 e. The van der Waals surface area contributed by atoms with Crippen LogP contribution in [0, 0.1) is 19.7 Å². The van der Waals surface area contributed by atoms with Gasteiger partial charge in [-0.2, -0.15) is 0 Å². The Morgan fingerprint density at radius 2 is 1.81 bits per heavy atom. The van der Waals surface area contributed by atoms with E-state index in [4.69, 9.17) is 0 Å². The first-order valence-electron chi connectivity index (χ1n) is 8.27. The minimum absolute atomic E-state index is 0.130. The number of hydrogen-bond donors (Lipinski definition) is 2. The Hall–Kier alpha value is -3.48. The van der Waals surface area contributed by atoms with E-state index < -0.39 is 17.1 Å². The van der Waals surface area contributed by atoms with Gasteiger partial charge in [0, 0.05) is 6.21 Å². The number of hydrogen-bond acceptors (Lipinski definition) is 4. The van der Waals surface area contributed by atoms with Gasteiger partial charge in [0.15, 0.2) is 0 Å². The molecule has 0 aliphatic carbocycles. The molecule has 0 amide bonds. The maximum atomic E-state index is 12.9. The average Bonchev–Trinajstić information content (AvgIpc) is 2.62. The van der Waals surface area contributed by atoms with Crippen LogP contribution in [0.1, 0.15) is 22.3 Å². The van der Waals surface area contributed by atoms with Crippen LogP contribution in [0.3, 0.4) is 0 Å². The fraction of sp³-hybridized carbons (Fsp3) is 0.150. The Morgan fingerprint density at radius 1 is 1.11 bits per heavy atom. The number of aromatic hydroxyl groups is 1. The standard InChI is InChI=1S/C20H18FN3O3/c1-12-3-8-16(9-13(12)2)24-19(26)17(18(25)23-20(24)27)11-22-10-14-4-6-15(21)7-5-14/h3-9,11,26H,10H2,1-2H3,(H,23,25,27). The molecule has 7 heteroatoms. The molecule has 0 bridgehead atoms. The highest BCUT2D eigenvalue weighted by molar-refractivity contribution is 5.82. The van der Waals surface area contributed by atoms with Crippen molar-refractivity contribution in [1.29, 1.82) is 0 Å². The summed E-state index contributed by atoms with van der Waals surface area (Å²) in [7, 11) is 0. The second-order valence-electron chi connectivity index (χ2n) is 6.20. The van der Waals surface area contributed by atoms with Crippen molar-refractivity contribution in [3.63, 3.8) is 0 Å². The van der Waals surface area contributed by atoms with Gasteiger partial charge in [0.1, 0.15) is 11.4 Å². The quantitative estimate of drug-likeness (QED) is 0.695. The molecule has 0 atom stereocenters. The van der Waals surface area contributed by atoms with E-state index in [1.165, 1.54) is 18.3 Å². The van der Waals surface area contributed by atoms with Crippen LogP contribution in [-0.2, 0) is 6.54 Å². The lowest BCUT2D eigenvalue weighted by molar-refractivity contribution is 0.430. The molecule has 3 aromatic rings. The molecule has 0 aliphatic heterocycles. The molecule has 2 N–H and O–H groups in total. The van der Waals surface area contributed by atoms with Crippen molar-refractivity contribution in [1.82, 2.24) is 9.55 Å². The van der Waals surface area contributed by atoms with Crippen molar-refractivity contribution in [2.24, 2.45) is 4.99 Å². The molecule has 2 aromatic carbocycles. The maximum absolute atomic E-state index is 12.9. The van der Waals surface area contributed by atoms with Crippen molar-refractivity contribution < 1.29 is 9.50 Å². The van der Waals surface area contributed by atoms with Gasteiger partial charge in [0.25, 0.3) is 5.56 Å². The third-order valence-electron chi connectivity index (χ3n) is 4.28. The molecule has 0 saturated heterocycles. The van der Waals surface area contributed by atoms with Crippen LogP contribution in [0.2, 0.25) is 0 Å². The molecule has 27 heavy (non-hydrogen) atoms. The van der Waals surface area contributed by atoms with E-state index in [0.29, 0.717) is 5.69 Å². The first kappa shape index (κ1) is 18.3. The fourth-order valence-electron chi connectivity index (χ4n) is 2.59. The number of halogens is 1. The summed E-state index contributed by atoms with van der Waals surface area (Å²) in [6, 6.07) is 11.0. The molecule has 1 heterocycles. The van der Waals surface area contributed by atoms with Crippen molar-refractivity contribution in [3.8, 4) is 11.6 Å². The second-order valence-corrected chi connectivity index (χ2v) is 6.20. The van der Waals surface area contributed by atoms with Crippen LogP contribution >= 0.6 is 0 Å². The molecule has 138 valence electrons. The third kappa shape index (κ3) is 3.87. The van der Waals surface area contributed by atoms with Crippen LogP contribution in [0.5, 0.6) is 5.88 Å². The Balaban J connectivity index is 1.99. The van der Waals surface area contributed by atoms with Crippen LogP contribution in [0.4, 0.5) is 4.39 Å². The number of aryl methyl sites for hydroxylation is 2. The highest BCUT2D eigenvalue weighted by Crippen LogP contribution is 2.18. The molecular formula is C20H18FN3O3. The summed E-state index contributed by atoms with van der Waals surface area (Å²) in [5.74, 6) is -0.841. The topological polar surface area (TPSA) is 87.4 Å². The molecule has 0 unspecified atom stereocenters. The fourth-order valence-corrected chi connectivity index (χ4v) is 2.59. The van der Waals surface area contributed by atoms with Gasteiger partial charge < -0.3 is 5.11 Å². The summed E-state index contributed by atoms with van der Waals surface area (Å²) >= 11 is 0. The second kappa shape index (κ2) is 7.41. The number of nitrogens with zero attached hydrogens (tertiary/aromatic N) is 2. The molecule has 0 fully saturated rings. The number of benzene rings is 2. The van der Waals surface area contributed by atoms with Crippen molar-refractivity contribution in [2.75, 3.05) is 0 Å². The minimum Gasteiger partial charge on any atom is -0.493 e. The van der Waals surface area contributed by atoms with Gasteiger partial charge in [-0.05, 0) is 54.8 Å². The lowest BCUT2D eigenvalue weighted by atomic mass is 10.1. The highest BCUT2D eigenvalue weighted by atomic mass is 19.1. The zero-order valence-corrected chi connectivity index (χ0v) is 14.9. The molecular weight excluding hydrogens is 349 g/mol. The van der Waals surface area contributed by atoms with E-state index in [-0.39, 0.29) is 17.9 Å². The zero-order valence-electron chi connectivity index (χ0n) is 14.9. The molecule has 6 nitrogen and oxygen atoms in total. The third-order valence-corrected chi connectivity index (χ3v) is 4.28. The van der Waals surface area contributed by atoms with E-state index >= 15 is 0 Å². The summed E-state index contributed by atoms with van der Waals surface area (Å²) in [4.78, 5) is 30.6. The van der Waals surface area contributed by atoms with Gasteiger partial charge in [-0.1, -0.05) is 18.2 Å². The molecule has 0 radical (unpaired) electrons. The van der Waals surface area contributed by atoms with Gasteiger partial charge in [-0.25, -0.2) is 13.8 Å². The Morgan fingerprint density at radius 3 is 2.48 bits per heavy atom. The van der Waals surface area contributed by atoms with E-state index in [9.17, 15) is 19.1 Å². The molecule has 3 rings (SSSR count). The van der Waals surface area contributed by atoms with Crippen molar-refractivity contribution in [3.05, 3.63) is 91.4 Å². The van der Waals surface area contributed by atoms with Crippen LogP contribution in [0.15, 0.2) is 57.0 Å². The average molecular weight is 367 g/mol. The van der Waals surface area contributed by atoms with Crippen molar-refractivity contribution in [2.45, 2.75) is 20.4 Å². The minimum atomic E-state index is -0.739. The van der Waals surface area contributed by atoms with Gasteiger partial charge >= 0.3 is 5.69 Å². The van der Waals surface area contributed by atoms with E-state index in [0.717, 1.165) is 21.3 Å². The highest BCUT2D eigenvalue weighted by Gasteiger charge is 2.14. The normalized spacial score (nSPS) is 11.2. The SMILES string of the molecule is Cc1ccc(-n2c(O)c(C=NCc3ccc(F)cc3)c(=O)[nH]c2=O)cc1C. The summed E-state index contributed by atoms with van der Waals surface area (Å²) in [5.41, 5.74) is 1.55. The van der Waals surface area contributed by atoms with Crippen LogP contribution < -0.4 is 11.2 Å². The van der Waals surface area contributed by atoms with Gasteiger partial charge in [-0.15, -0.1) is 0 Å². The Labute approximate surface area is 154 Å². The number of aromatic amines is 1. The van der Waals surface area contributed by atoms with Gasteiger partial charge in [0.05, 0.1) is 12.2 Å². The molecule has 0 aliphatic rings. The Bertz CT molecular complexity index is 1130. The smallest absolute Gasteiger partial charge is 0.335 e. The lowest BCUT2D eigenvalue weighted by Gasteiger charge is -2.11. The van der Waals surface area contributed by atoms with Gasteiger partial charge in [-0.3, -0.25) is 14.8 Å².